The first-order valence-electron chi connectivity index (χ1n) is 5.15. The maximum Gasteiger partial charge on any atom is 0.244 e. The summed E-state index contributed by atoms with van der Waals surface area (Å²) >= 11 is 1.33. The normalized spacial score (nSPS) is 17.0. The van der Waals surface area contributed by atoms with Gasteiger partial charge >= 0.3 is 0 Å². The zero-order chi connectivity index (χ0) is 11.9. The minimum atomic E-state index is -3.36. The van der Waals surface area contributed by atoms with Crippen molar-refractivity contribution in [3.8, 4) is 0 Å². The Labute approximate surface area is 99.6 Å². The molecule has 0 aromatic carbocycles. The Kier molecular flexibility index (Phi) is 3.09. The lowest BCUT2D eigenvalue weighted by Crippen LogP contribution is -2.29. The fourth-order valence-corrected chi connectivity index (χ4v) is 4.53. The topological polar surface area (TPSA) is 57.6 Å². The summed E-state index contributed by atoms with van der Waals surface area (Å²) in [5.74, 6) is 0. The Bertz CT molecular complexity index is 488. The second-order valence-corrected chi connectivity index (χ2v) is 7.35. The summed E-state index contributed by atoms with van der Waals surface area (Å²) in [6.45, 7) is 1.67. The predicted molar refractivity (Wildman–Crippen MR) is 62.9 cm³/mol. The van der Waals surface area contributed by atoms with Crippen LogP contribution in [0.1, 0.15) is 22.6 Å². The van der Waals surface area contributed by atoms with Crippen LogP contribution >= 0.6 is 11.3 Å². The molecule has 0 amide bonds. The van der Waals surface area contributed by atoms with Crippen LogP contribution in [0.5, 0.6) is 0 Å². The molecular weight excluding hydrogens is 246 g/mol. The summed E-state index contributed by atoms with van der Waals surface area (Å²) in [6, 6.07) is 1.75. The van der Waals surface area contributed by atoms with E-state index in [9.17, 15) is 8.42 Å². The van der Waals surface area contributed by atoms with Crippen molar-refractivity contribution in [2.45, 2.75) is 37.3 Å². The highest BCUT2D eigenvalue weighted by Crippen LogP contribution is 2.33. The van der Waals surface area contributed by atoms with E-state index >= 15 is 0 Å². The standard InChI is InChI=1S/C10H15NO3S2/c1-7-10(5-9(6-12)15-7)16(13,14)11(2)8-3-4-8/h5,8,12H,3-4,6H2,1-2H3. The van der Waals surface area contributed by atoms with Gasteiger partial charge in [0.25, 0.3) is 0 Å². The molecule has 6 heteroatoms. The summed E-state index contributed by atoms with van der Waals surface area (Å²) in [5, 5.41) is 9.00. The Morgan fingerprint density at radius 3 is 2.62 bits per heavy atom. The van der Waals surface area contributed by atoms with Crippen LogP contribution in [0.3, 0.4) is 0 Å². The van der Waals surface area contributed by atoms with Gasteiger partial charge in [-0.05, 0) is 25.8 Å². The minimum Gasteiger partial charge on any atom is -0.391 e. The molecule has 1 fully saturated rings. The van der Waals surface area contributed by atoms with Crippen LogP contribution in [0.25, 0.3) is 0 Å². The zero-order valence-corrected chi connectivity index (χ0v) is 10.9. The van der Waals surface area contributed by atoms with Crippen molar-refractivity contribution in [1.29, 1.82) is 0 Å². The molecule has 4 nitrogen and oxygen atoms in total. The third kappa shape index (κ3) is 2.02. The van der Waals surface area contributed by atoms with Crippen molar-refractivity contribution in [2.75, 3.05) is 7.05 Å². The van der Waals surface area contributed by atoms with Crippen LogP contribution in [0.2, 0.25) is 0 Å². The lowest BCUT2D eigenvalue weighted by molar-refractivity contribution is 0.285. The van der Waals surface area contributed by atoms with E-state index in [0.717, 1.165) is 17.7 Å². The van der Waals surface area contributed by atoms with Gasteiger partial charge in [0.2, 0.25) is 10.0 Å². The van der Waals surface area contributed by atoms with E-state index in [1.807, 2.05) is 0 Å². The number of nitrogens with zero attached hydrogens (tertiary/aromatic N) is 1. The highest BCUT2D eigenvalue weighted by molar-refractivity contribution is 7.89. The third-order valence-electron chi connectivity index (χ3n) is 2.80. The molecule has 1 aliphatic rings. The largest absolute Gasteiger partial charge is 0.391 e. The Morgan fingerprint density at radius 1 is 1.56 bits per heavy atom. The second-order valence-electron chi connectivity index (χ2n) is 4.04. The number of aryl methyl sites for hydroxylation is 1. The highest BCUT2D eigenvalue weighted by atomic mass is 32.2. The average molecular weight is 261 g/mol. The molecule has 1 aromatic heterocycles. The number of hydrogen-bond donors (Lipinski definition) is 1. The monoisotopic (exact) mass is 261 g/mol. The van der Waals surface area contributed by atoms with E-state index in [1.165, 1.54) is 15.6 Å². The highest BCUT2D eigenvalue weighted by Gasteiger charge is 2.36. The Balaban J connectivity index is 2.37. The van der Waals surface area contributed by atoms with E-state index in [1.54, 1.807) is 20.0 Å². The Hall–Kier alpha value is -0.430. The van der Waals surface area contributed by atoms with Crippen molar-refractivity contribution in [1.82, 2.24) is 4.31 Å². The number of thiophene rings is 1. The van der Waals surface area contributed by atoms with Gasteiger partial charge in [-0.2, -0.15) is 4.31 Å². The van der Waals surface area contributed by atoms with Crippen molar-refractivity contribution in [2.24, 2.45) is 0 Å². The SMILES string of the molecule is Cc1sc(CO)cc1S(=O)(=O)N(C)C1CC1. The zero-order valence-electron chi connectivity index (χ0n) is 9.30. The van der Waals surface area contributed by atoms with Gasteiger partial charge in [0.1, 0.15) is 0 Å². The molecule has 0 atom stereocenters. The number of sulfonamides is 1. The lowest BCUT2D eigenvalue weighted by atomic mass is 10.4. The van der Waals surface area contributed by atoms with Crippen LogP contribution in [-0.2, 0) is 16.6 Å². The summed E-state index contributed by atoms with van der Waals surface area (Å²) in [6.07, 6.45) is 1.90. The fourth-order valence-electron chi connectivity index (χ4n) is 1.65. The van der Waals surface area contributed by atoms with Crippen LogP contribution in [-0.4, -0.2) is 30.9 Å². The first kappa shape index (κ1) is 12.0. The molecule has 1 heterocycles. The third-order valence-corrected chi connectivity index (χ3v) is 6.00. The molecular formula is C10H15NO3S2. The van der Waals surface area contributed by atoms with Crippen molar-refractivity contribution >= 4 is 21.4 Å². The number of aliphatic hydroxyl groups excluding tert-OH is 1. The van der Waals surface area contributed by atoms with Crippen LogP contribution in [0, 0.1) is 6.92 Å². The van der Waals surface area contributed by atoms with E-state index in [-0.39, 0.29) is 12.6 Å². The Morgan fingerprint density at radius 2 is 2.19 bits per heavy atom. The van der Waals surface area contributed by atoms with E-state index in [4.69, 9.17) is 5.11 Å². The number of rotatable bonds is 4. The minimum absolute atomic E-state index is 0.103. The molecule has 1 aromatic rings. The molecule has 0 spiro atoms. The van der Waals surface area contributed by atoms with Gasteiger partial charge in [-0.1, -0.05) is 0 Å². The lowest BCUT2D eigenvalue weighted by Gasteiger charge is -2.15. The average Bonchev–Trinajstić information content (AvgIpc) is 3.00. The maximum absolute atomic E-state index is 12.2. The smallest absolute Gasteiger partial charge is 0.244 e. The molecule has 1 aliphatic carbocycles. The summed E-state index contributed by atoms with van der Waals surface area (Å²) in [5.41, 5.74) is 0. The van der Waals surface area contributed by atoms with Gasteiger partial charge in [0, 0.05) is 22.8 Å². The first-order valence-corrected chi connectivity index (χ1v) is 7.40. The molecule has 16 heavy (non-hydrogen) atoms. The van der Waals surface area contributed by atoms with Gasteiger partial charge in [0.05, 0.1) is 11.5 Å². The van der Waals surface area contributed by atoms with Gasteiger partial charge in [-0.3, -0.25) is 0 Å². The van der Waals surface area contributed by atoms with Crippen LogP contribution in [0.15, 0.2) is 11.0 Å². The summed E-state index contributed by atoms with van der Waals surface area (Å²) in [7, 11) is -1.74. The van der Waals surface area contributed by atoms with E-state index < -0.39 is 10.0 Å². The molecule has 0 aliphatic heterocycles. The van der Waals surface area contributed by atoms with Crippen molar-refractivity contribution in [3.63, 3.8) is 0 Å². The number of hydrogen-bond acceptors (Lipinski definition) is 4. The van der Waals surface area contributed by atoms with E-state index in [2.05, 4.69) is 0 Å². The summed E-state index contributed by atoms with van der Waals surface area (Å²) in [4.78, 5) is 1.78. The number of aliphatic hydroxyl groups is 1. The molecule has 90 valence electrons. The molecule has 0 radical (unpaired) electrons. The maximum atomic E-state index is 12.2. The van der Waals surface area contributed by atoms with E-state index in [0.29, 0.717) is 9.77 Å². The molecule has 2 rings (SSSR count). The van der Waals surface area contributed by atoms with Gasteiger partial charge < -0.3 is 5.11 Å². The molecule has 1 N–H and O–H groups in total. The molecule has 0 saturated heterocycles. The quantitative estimate of drug-likeness (QED) is 0.889. The van der Waals surface area contributed by atoms with Crippen LogP contribution in [0.4, 0.5) is 0 Å². The van der Waals surface area contributed by atoms with Crippen molar-refractivity contribution in [3.05, 3.63) is 15.8 Å². The molecule has 1 saturated carbocycles. The first-order chi connectivity index (χ1) is 7.46. The predicted octanol–water partition coefficient (Wildman–Crippen LogP) is 1.33. The van der Waals surface area contributed by atoms with Gasteiger partial charge in [-0.25, -0.2) is 8.42 Å². The molecule has 0 unspecified atom stereocenters. The molecule has 0 bridgehead atoms. The van der Waals surface area contributed by atoms with Crippen molar-refractivity contribution < 1.29 is 13.5 Å². The van der Waals surface area contributed by atoms with Gasteiger partial charge in [0.15, 0.2) is 0 Å². The second kappa shape index (κ2) is 4.10. The summed E-state index contributed by atoms with van der Waals surface area (Å²) < 4.78 is 25.9. The fraction of sp³-hybridized carbons (Fsp3) is 0.600. The van der Waals surface area contributed by atoms with Gasteiger partial charge in [-0.15, -0.1) is 11.3 Å². The van der Waals surface area contributed by atoms with Crippen LogP contribution < -0.4 is 0 Å².